The number of hydrogen-bond acceptors (Lipinski definition) is 4. The molecule has 0 aromatic carbocycles. The van der Waals surface area contributed by atoms with E-state index in [1.165, 1.54) is 0 Å². The Labute approximate surface area is 97.4 Å². The lowest BCUT2D eigenvalue weighted by Gasteiger charge is -2.11. The molecule has 2 heterocycles. The lowest BCUT2D eigenvalue weighted by atomic mass is 10.2. The van der Waals surface area contributed by atoms with Crippen molar-refractivity contribution in [3.8, 4) is 0 Å². The molecule has 0 amide bonds. The Kier molecular flexibility index (Phi) is 2.93. The predicted octanol–water partition coefficient (Wildman–Crippen LogP) is 2.37. The van der Waals surface area contributed by atoms with Crippen LogP contribution in [0.25, 0.3) is 0 Å². The zero-order chi connectivity index (χ0) is 11.0. The van der Waals surface area contributed by atoms with E-state index in [1.807, 2.05) is 6.92 Å². The molecule has 0 radical (unpaired) electrons. The third-order valence-corrected chi connectivity index (χ3v) is 3.56. The van der Waals surface area contributed by atoms with E-state index >= 15 is 0 Å². The second kappa shape index (κ2) is 4.06. The number of nitrogens with two attached hydrogens (primary N) is 1. The van der Waals surface area contributed by atoms with Crippen LogP contribution in [0.1, 0.15) is 37.4 Å². The van der Waals surface area contributed by atoms with Crippen molar-refractivity contribution in [2.24, 2.45) is 0 Å². The highest BCUT2D eigenvalue weighted by Crippen LogP contribution is 2.32. The maximum absolute atomic E-state index is 5.77. The van der Waals surface area contributed by atoms with Gasteiger partial charge in [-0.15, -0.1) is 0 Å². The molecular weight excluding hydrogens is 258 g/mol. The van der Waals surface area contributed by atoms with Crippen molar-refractivity contribution in [3.05, 3.63) is 16.0 Å². The van der Waals surface area contributed by atoms with Crippen molar-refractivity contribution < 1.29 is 4.74 Å². The zero-order valence-electron chi connectivity index (χ0n) is 8.83. The summed E-state index contributed by atoms with van der Waals surface area (Å²) in [5.41, 5.74) is 6.63. The van der Waals surface area contributed by atoms with Gasteiger partial charge in [-0.3, -0.25) is 0 Å². The fourth-order valence-corrected chi connectivity index (χ4v) is 1.92. The third kappa shape index (κ3) is 2.13. The van der Waals surface area contributed by atoms with Gasteiger partial charge in [0.25, 0.3) is 0 Å². The van der Waals surface area contributed by atoms with Crippen LogP contribution < -0.4 is 5.73 Å². The van der Waals surface area contributed by atoms with Gasteiger partial charge in [0, 0.05) is 0 Å². The van der Waals surface area contributed by atoms with Crippen LogP contribution in [0, 0.1) is 6.92 Å². The van der Waals surface area contributed by atoms with Crippen LogP contribution >= 0.6 is 15.9 Å². The quantitative estimate of drug-likeness (QED) is 0.852. The summed E-state index contributed by atoms with van der Waals surface area (Å²) < 4.78 is 6.48. The van der Waals surface area contributed by atoms with Crippen LogP contribution in [0.2, 0.25) is 0 Å². The highest BCUT2D eigenvalue weighted by Gasteiger charge is 2.26. The summed E-state index contributed by atoms with van der Waals surface area (Å²) in [6.07, 6.45) is 2.34. The summed E-state index contributed by atoms with van der Waals surface area (Å²) in [5, 5.41) is 0. The fraction of sp³-hybridized carbons (Fsp3) is 0.600. The number of hydrogen-bond donors (Lipinski definition) is 1. The maximum atomic E-state index is 5.77. The van der Waals surface area contributed by atoms with Gasteiger partial charge in [0.1, 0.15) is 11.9 Å². The number of halogens is 1. The second-order valence-electron chi connectivity index (χ2n) is 3.88. The molecule has 2 unspecified atom stereocenters. The molecular formula is C10H14BrN3O. The topological polar surface area (TPSA) is 61.0 Å². The lowest BCUT2D eigenvalue weighted by Crippen LogP contribution is -2.09. The third-order valence-electron chi connectivity index (χ3n) is 2.58. The van der Waals surface area contributed by atoms with Gasteiger partial charge in [-0.1, -0.05) is 0 Å². The van der Waals surface area contributed by atoms with Crippen molar-refractivity contribution in [1.29, 1.82) is 0 Å². The summed E-state index contributed by atoms with van der Waals surface area (Å²) in [7, 11) is 0. The van der Waals surface area contributed by atoms with Gasteiger partial charge in [-0.25, -0.2) is 9.97 Å². The molecule has 1 aliphatic rings. The second-order valence-corrected chi connectivity index (χ2v) is 4.67. The van der Waals surface area contributed by atoms with Gasteiger partial charge in [0.05, 0.1) is 16.3 Å². The minimum Gasteiger partial charge on any atom is -0.383 e. The van der Waals surface area contributed by atoms with Gasteiger partial charge in [-0.05, 0) is 42.6 Å². The number of ether oxygens (including phenoxy) is 1. The Bertz CT molecular complexity index is 360. The first-order chi connectivity index (χ1) is 7.08. The van der Waals surface area contributed by atoms with E-state index in [4.69, 9.17) is 10.5 Å². The monoisotopic (exact) mass is 271 g/mol. The van der Waals surface area contributed by atoms with Crippen LogP contribution in [0.5, 0.6) is 0 Å². The van der Waals surface area contributed by atoms with E-state index in [0.29, 0.717) is 17.7 Å². The zero-order valence-corrected chi connectivity index (χ0v) is 10.4. The Hall–Kier alpha value is -0.680. The summed E-state index contributed by atoms with van der Waals surface area (Å²) in [4.78, 5) is 8.63. The van der Waals surface area contributed by atoms with E-state index in [0.717, 1.165) is 23.0 Å². The number of aryl methyl sites for hydroxylation is 1. The normalized spacial score (nSPS) is 25.8. The number of nitrogen functional groups attached to an aromatic ring is 1. The van der Waals surface area contributed by atoms with Gasteiger partial charge in [0.2, 0.25) is 0 Å². The van der Waals surface area contributed by atoms with E-state index in [9.17, 15) is 0 Å². The summed E-state index contributed by atoms with van der Waals surface area (Å²) in [6, 6.07) is 0. The van der Waals surface area contributed by atoms with Crippen LogP contribution in [0.15, 0.2) is 4.47 Å². The first-order valence-corrected chi connectivity index (χ1v) is 5.82. The van der Waals surface area contributed by atoms with Crippen molar-refractivity contribution in [3.63, 3.8) is 0 Å². The molecule has 0 spiro atoms. The molecule has 1 aromatic rings. The molecule has 0 saturated carbocycles. The summed E-state index contributed by atoms with van der Waals surface area (Å²) in [5.74, 6) is 1.19. The molecule has 5 heteroatoms. The lowest BCUT2D eigenvalue weighted by molar-refractivity contribution is 0.0502. The molecule has 15 heavy (non-hydrogen) atoms. The fourth-order valence-electron chi connectivity index (χ4n) is 1.74. The van der Waals surface area contributed by atoms with E-state index in [1.54, 1.807) is 0 Å². The highest BCUT2D eigenvalue weighted by molar-refractivity contribution is 9.10. The molecule has 1 fully saturated rings. The van der Waals surface area contributed by atoms with Crippen LogP contribution in [-0.4, -0.2) is 16.1 Å². The standard InChI is InChI=1S/C10H14BrN3O/c1-5-3-4-7(15-5)10-13-6(2)8(11)9(12)14-10/h5,7H,3-4H2,1-2H3,(H2,12,13,14). The van der Waals surface area contributed by atoms with Crippen molar-refractivity contribution in [1.82, 2.24) is 9.97 Å². The largest absolute Gasteiger partial charge is 0.383 e. The molecule has 0 aliphatic carbocycles. The number of anilines is 1. The molecule has 82 valence electrons. The van der Waals surface area contributed by atoms with Crippen LogP contribution in [0.3, 0.4) is 0 Å². The van der Waals surface area contributed by atoms with Gasteiger partial charge >= 0.3 is 0 Å². The Morgan fingerprint density at radius 1 is 1.40 bits per heavy atom. The average Bonchev–Trinajstić information content (AvgIpc) is 2.60. The van der Waals surface area contributed by atoms with E-state index < -0.39 is 0 Å². The number of aromatic nitrogens is 2. The minimum atomic E-state index is 0.00843. The smallest absolute Gasteiger partial charge is 0.159 e. The van der Waals surface area contributed by atoms with E-state index in [-0.39, 0.29) is 6.10 Å². The van der Waals surface area contributed by atoms with Gasteiger partial charge < -0.3 is 10.5 Å². The predicted molar refractivity (Wildman–Crippen MR) is 61.4 cm³/mol. The molecule has 0 bridgehead atoms. The molecule has 2 rings (SSSR count). The van der Waals surface area contributed by atoms with Gasteiger partial charge in [-0.2, -0.15) is 0 Å². The Morgan fingerprint density at radius 3 is 2.67 bits per heavy atom. The van der Waals surface area contributed by atoms with Gasteiger partial charge in [0.15, 0.2) is 5.82 Å². The first kappa shape index (κ1) is 10.8. The van der Waals surface area contributed by atoms with Crippen molar-refractivity contribution in [2.75, 3.05) is 5.73 Å². The van der Waals surface area contributed by atoms with Crippen molar-refractivity contribution >= 4 is 21.7 Å². The molecule has 2 atom stereocenters. The molecule has 1 aromatic heterocycles. The Balaban J connectivity index is 2.29. The first-order valence-electron chi connectivity index (χ1n) is 5.03. The SMILES string of the molecule is Cc1nc(C2CCC(C)O2)nc(N)c1Br. The number of nitrogens with zero attached hydrogens (tertiary/aromatic N) is 2. The summed E-state index contributed by atoms with van der Waals surface area (Å²) in [6.45, 7) is 3.97. The molecule has 1 saturated heterocycles. The Morgan fingerprint density at radius 2 is 2.13 bits per heavy atom. The molecule has 4 nitrogen and oxygen atoms in total. The average molecular weight is 272 g/mol. The van der Waals surface area contributed by atoms with Crippen LogP contribution in [0.4, 0.5) is 5.82 Å². The summed E-state index contributed by atoms with van der Waals surface area (Å²) >= 11 is 3.34. The van der Waals surface area contributed by atoms with Crippen molar-refractivity contribution in [2.45, 2.75) is 38.9 Å². The number of rotatable bonds is 1. The molecule has 1 aliphatic heterocycles. The highest BCUT2D eigenvalue weighted by atomic mass is 79.9. The minimum absolute atomic E-state index is 0.00843. The van der Waals surface area contributed by atoms with E-state index in [2.05, 4.69) is 32.8 Å². The maximum Gasteiger partial charge on any atom is 0.159 e. The molecule has 2 N–H and O–H groups in total. The van der Waals surface area contributed by atoms with Crippen LogP contribution in [-0.2, 0) is 4.74 Å².